The van der Waals surface area contributed by atoms with Crippen LogP contribution in [0.4, 0.5) is 20.2 Å². The lowest BCUT2D eigenvalue weighted by Gasteiger charge is -2.07. The molecule has 8 heteroatoms. The Morgan fingerprint density at radius 2 is 1.86 bits per heavy atom. The molecule has 0 aliphatic rings. The van der Waals surface area contributed by atoms with Crippen molar-refractivity contribution in [2.75, 3.05) is 5.32 Å². The maximum atomic E-state index is 13.6. The zero-order chi connectivity index (χ0) is 15.6. The lowest BCUT2D eigenvalue weighted by Crippen LogP contribution is -2.15. The summed E-state index contributed by atoms with van der Waals surface area (Å²) in [5.74, 6) is -2.53. The van der Waals surface area contributed by atoms with E-state index in [2.05, 4.69) is 21.2 Å². The molecule has 0 spiro atoms. The molecule has 0 fully saturated rings. The summed E-state index contributed by atoms with van der Waals surface area (Å²) in [4.78, 5) is 22.1. The van der Waals surface area contributed by atoms with E-state index in [9.17, 15) is 23.7 Å². The van der Waals surface area contributed by atoms with Gasteiger partial charge in [-0.05, 0) is 28.1 Å². The van der Waals surface area contributed by atoms with Crippen molar-refractivity contribution in [3.8, 4) is 0 Å². The lowest BCUT2D eigenvalue weighted by atomic mass is 10.1. The molecule has 0 bridgehead atoms. The fourth-order valence-electron chi connectivity index (χ4n) is 1.63. The Kier molecular flexibility index (Phi) is 4.27. The molecule has 0 atom stereocenters. The quantitative estimate of drug-likeness (QED) is 0.515. The number of para-hydroxylation sites is 1. The fraction of sp³-hybridized carbons (Fsp3) is 0. The molecular formula is C13H7BrF2N2O3. The van der Waals surface area contributed by atoms with Crippen molar-refractivity contribution < 1.29 is 18.5 Å². The number of nitrogens with one attached hydrogen (secondary N) is 1. The highest BCUT2D eigenvalue weighted by Crippen LogP contribution is 2.25. The van der Waals surface area contributed by atoms with Gasteiger partial charge in [0.05, 0.1) is 15.1 Å². The smallest absolute Gasteiger partial charge is 0.282 e. The second kappa shape index (κ2) is 5.96. The van der Waals surface area contributed by atoms with Crippen LogP contribution < -0.4 is 5.32 Å². The second-order valence-corrected chi connectivity index (χ2v) is 4.83. The van der Waals surface area contributed by atoms with Crippen molar-refractivity contribution in [3.63, 3.8) is 0 Å². The number of nitrogens with zero attached hydrogens (tertiary/aromatic N) is 1. The van der Waals surface area contributed by atoms with Crippen molar-refractivity contribution in [1.82, 2.24) is 0 Å². The van der Waals surface area contributed by atoms with Crippen LogP contribution in [0.15, 0.2) is 40.9 Å². The number of hydrogen-bond donors (Lipinski definition) is 1. The first-order chi connectivity index (χ1) is 9.90. The zero-order valence-electron chi connectivity index (χ0n) is 10.3. The molecule has 0 aromatic heterocycles. The minimum absolute atomic E-state index is 0.0938. The number of carbonyl (C=O) groups excluding carboxylic acids is 1. The molecule has 5 nitrogen and oxygen atoms in total. The van der Waals surface area contributed by atoms with Gasteiger partial charge in [-0.15, -0.1) is 0 Å². The second-order valence-electron chi connectivity index (χ2n) is 3.97. The van der Waals surface area contributed by atoms with Gasteiger partial charge in [-0.25, -0.2) is 8.78 Å². The van der Waals surface area contributed by atoms with E-state index in [1.165, 1.54) is 18.2 Å². The molecule has 2 aromatic carbocycles. The van der Waals surface area contributed by atoms with Crippen molar-refractivity contribution in [2.45, 2.75) is 0 Å². The van der Waals surface area contributed by atoms with Crippen LogP contribution in [-0.2, 0) is 0 Å². The average Bonchev–Trinajstić information content (AvgIpc) is 2.44. The number of nitro groups is 1. The summed E-state index contributed by atoms with van der Waals surface area (Å²) in [6.07, 6.45) is 0. The van der Waals surface area contributed by atoms with Crippen molar-refractivity contribution in [3.05, 3.63) is 68.2 Å². The average molecular weight is 357 g/mol. The largest absolute Gasteiger partial charge is 0.319 e. The van der Waals surface area contributed by atoms with Crippen LogP contribution >= 0.6 is 15.9 Å². The molecule has 0 unspecified atom stereocenters. The van der Waals surface area contributed by atoms with Crippen LogP contribution in [0.2, 0.25) is 0 Å². The van der Waals surface area contributed by atoms with Crippen LogP contribution in [0.25, 0.3) is 0 Å². The molecular weight excluding hydrogens is 350 g/mol. The number of hydrogen-bond acceptors (Lipinski definition) is 3. The number of anilines is 1. The van der Waals surface area contributed by atoms with Gasteiger partial charge in [0.1, 0.15) is 17.2 Å². The third-order valence-electron chi connectivity index (χ3n) is 2.60. The number of amides is 1. The van der Waals surface area contributed by atoms with Gasteiger partial charge < -0.3 is 5.32 Å². The molecule has 0 saturated carbocycles. The lowest BCUT2D eigenvalue weighted by molar-refractivity contribution is -0.385. The predicted molar refractivity (Wildman–Crippen MR) is 75.1 cm³/mol. The topological polar surface area (TPSA) is 72.2 Å². The minimum Gasteiger partial charge on any atom is -0.319 e. The first-order valence-corrected chi connectivity index (χ1v) is 6.38. The van der Waals surface area contributed by atoms with Crippen LogP contribution in [0.1, 0.15) is 10.4 Å². The van der Waals surface area contributed by atoms with Crippen LogP contribution in [0.3, 0.4) is 0 Å². The Bertz CT molecular complexity index is 737. The Morgan fingerprint density at radius 3 is 2.52 bits per heavy atom. The monoisotopic (exact) mass is 356 g/mol. The molecule has 0 radical (unpaired) electrons. The number of rotatable bonds is 3. The standard InChI is InChI=1S/C13H7BrF2N2O3/c14-8-5-10(16)11(6-9(8)15)17-13(19)7-3-1-2-4-12(7)18(20)21/h1-6H,(H,17,19). The molecule has 108 valence electrons. The molecule has 21 heavy (non-hydrogen) atoms. The minimum atomic E-state index is -0.900. The van der Waals surface area contributed by atoms with Gasteiger partial charge in [0, 0.05) is 12.1 Å². The SMILES string of the molecule is O=C(Nc1cc(F)c(Br)cc1F)c1ccccc1[N+](=O)[O-]. The summed E-state index contributed by atoms with van der Waals surface area (Å²) in [5.41, 5.74) is -1.07. The van der Waals surface area contributed by atoms with Crippen molar-refractivity contribution >= 4 is 33.2 Å². The van der Waals surface area contributed by atoms with Gasteiger partial charge >= 0.3 is 0 Å². The van der Waals surface area contributed by atoms with E-state index in [0.29, 0.717) is 0 Å². The molecule has 0 saturated heterocycles. The number of halogens is 3. The molecule has 0 aliphatic heterocycles. The van der Waals surface area contributed by atoms with Gasteiger partial charge in [-0.1, -0.05) is 12.1 Å². The summed E-state index contributed by atoms with van der Waals surface area (Å²) in [6, 6.07) is 6.83. The highest BCUT2D eigenvalue weighted by atomic mass is 79.9. The third-order valence-corrected chi connectivity index (χ3v) is 3.21. The molecule has 1 N–H and O–H groups in total. The third kappa shape index (κ3) is 3.22. The molecule has 2 aromatic rings. The van der Waals surface area contributed by atoms with Gasteiger partial charge in [0.25, 0.3) is 11.6 Å². The van der Waals surface area contributed by atoms with E-state index in [1.807, 2.05) is 0 Å². The summed E-state index contributed by atoms with van der Waals surface area (Å²) >= 11 is 2.80. The van der Waals surface area contributed by atoms with Gasteiger partial charge in [0.15, 0.2) is 0 Å². The number of benzene rings is 2. The van der Waals surface area contributed by atoms with Crippen molar-refractivity contribution in [1.29, 1.82) is 0 Å². The summed E-state index contributed by atoms with van der Waals surface area (Å²) in [5, 5.41) is 12.9. The first kappa shape index (κ1) is 15.0. The highest BCUT2D eigenvalue weighted by Gasteiger charge is 2.20. The van der Waals surface area contributed by atoms with E-state index in [4.69, 9.17) is 0 Å². The Hall–Kier alpha value is -2.35. The first-order valence-electron chi connectivity index (χ1n) is 5.59. The van der Waals surface area contributed by atoms with E-state index in [0.717, 1.165) is 18.2 Å². The summed E-state index contributed by atoms with van der Waals surface area (Å²) in [6.45, 7) is 0. The van der Waals surface area contributed by atoms with E-state index in [-0.39, 0.29) is 10.0 Å². The zero-order valence-corrected chi connectivity index (χ0v) is 11.9. The van der Waals surface area contributed by atoms with Gasteiger partial charge in [0.2, 0.25) is 0 Å². The van der Waals surface area contributed by atoms with E-state index < -0.39 is 33.8 Å². The number of nitro benzene ring substituents is 1. The van der Waals surface area contributed by atoms with Crippen LogP contribution in [0.5, 0.6) is 0 Å². The molecule has 1 amide bonds. The molecule has 0 aliphatic carbocycles. The van der Waals surface area contributed by atoms with Gasteiger partial charge in [-0.3, -0.25) is 14.9 Å². The predicted octanol–water partition coefficient (Wildman–Crippen LogP) is 3.89. The fourth-order valence-corrected chi connectivity index (χ4v) is 1.95. The van der Waals surface area contributed by atoms with Crippen LogP contribution in [0, 0.1) is 21.7 Å². The van der Waals surface area contributed by atoms with Crippen LogP contribution in [-0.4, -0.2) is 10.8 Å². The maximum absolute atomic E-state index is 13.6. The maximum Gasteiger partial charge on any atom is 0.282 e. The van der Waals surface area contributed by atoms with Crippen molar-refractivity contribution in [2.24, 2.45) is 0 Å². The highest BCUT2D eigenvalue weighted by molar-refractivity contribution is 9.10. The normalized spacial score (nSPS) is 10.2. The molecule has 2 rings (SSSR count). The Morgan fingerprint density at radius 1 is 1.19 bits per heavy atom. The molecule has 0 heterocycles. The van der Waals surface area contributed by atoms with E-state index >= 15 is 0 Å². The summed E-state index contributed by atoms with van der Waals surface area (Å²) in [7, 11) is 0. The Labute approximate surface area is 125 Å². The number of carbonyl (C=O) groups is 1. The summed E-state index contributed by atoms with van der Waals surface area (Å²) < 4.78 is 26.9. The van der Waals surface area contributed by atoms with Gasteiger partial charge in [-0.2, -0.15) is 0 Å². The Balaban J connectivity index is 2.35. The van der Waals surface area contributed by atoms with E-state index in [1.54, 1.807) is 0 Å².